The highest BCUT2D eigenvalue weighted by Gasteiger charge is 2.31. The van der Waals surface area contributed by atoms with Crippen molar-refractivity contribution < 1.29 is 14.3 Å². The Hall–Kier alpha value is -2.44. The van der Waals surface area contributed by atoms with E-state index in [0.29, 0.717) is 39.3 Å². The van der Waals surface area contributed by atoms with Crippen LogP contribution in [0.1, 0.15) is 18.1 Å². The fraction of sp³-hybridized carbons (Fsp3) is 0.231. The Morgan fingerprint density at radius 2 is 1.60 bits per heavy atom. The first-order valence-electron chi connectivity index (χ1n) is 10.9. The van der Waals surface area contributed by atoms with Crippen LogP contribution in [-0.4, -0.2) is 35.9 Å². The topological polar surface area (TPSA) is 58.6 Å². The van der Waals surface area contributed by atoms with Gasteiger partial charge in [0.2, 0.25) is 5.91 Å². The Balaban J connectivity index is 1.95. The molecule has 3 aromatic carbocycles. The number of halogens is 4. The Labute approximate surface area is 224 Å². The molecule has 0 unspecified atom stereocenters. The number of hydrogen-bond donors (Lipinski definition) is 1. The van der Waals surface area contributed by atoms with E-state index < -0.39 is 11.9 Å². The Morgan fingerprint density at radius 1 is 0.914 bits per heavy atom. The van der Waals surface area contributed by atoms with Crippen LogP contribution in [0.2, 0.25) is 20.1 Å². The van der Waals surface area contributed by atoms with Crippen LogP contribution < -0.4 is 10.1 Å². The van der Waals surface area contributed by atoms with Crippen molar-refractivity contribution in [2.75, 3.05) is 13.2 Å². The second-order valence-corrected chi connectivity index (χ2v) is 9.34. The van der Waals surface area contributed by atoms with Crippen molar-refractivity contribution in [1.29, 1.82) is 0 Å². The van der Waals surface area contributed by atoms with Crippen molar-refractivity contribution in [1.82, 2.24) is 10.2 Å². The van der Waals surface area contributed by atoms with E-state index in [4.69, 9.17) is 51.1 Å². The zero-order chi connectivity index (χ0) is 25.4. The molecule has 1 N–H and O–H groups in total. The van der Waals surface area contributed by atoms with Crippen molar-refractivity contribution in [3.63, 3.8) is 0 Å². The minimum Gasteiger partial charge on any atom is -0.482 e. The molecule has 1 atom stereocenters. The van der Waals surface area contributed by atoms with Crippen LogP contribution in [0.4, 0.5) is 0 Å². The van der Waals surface area contributed by atoms with Gasteiger partial charge in [0.1, 0.15) is 11.8 Å². The zero-order valence-corrected chi connectivity index (χ0v) is 22.0. The Bertz CT molecular complexity index is 1150. The molecule has 0 aliphatic carbocycles. The fourth-order valence-electron chi connectivity index (χ4n) is 3.51. The van der Waals surface area contributed by atoms with Gasteiger partial charge in [0.25, 0.3) is 5.91 Å². The van der Waals surface area contributed by atoms with Gasteiger partial charge in [-0.3, -0.25) is 9.59 Å². The van der Waals surface area contributed by atoms with Gasteiger partial charge in [-0.25, -0.2) is 0 Å². The van der Waals surface area contributed by atoms with E-state index in [9.17, 15) is 9.59 Å². The molecule has 0 radical (unpaired) electrons. The maximum absolute atomic E-state index is 13.5. The predicted octanol–water partition coefficient (Wildman–Crippen LogP) is 6.46. The van der Waals surface area contributed by atoms with Crippen LogP contribution >= 0.6 is 46.4 Å². The lowest BCUT2D eigenvalue weighted by Gasteiger charge is -2.32. The number of likely N-dealkylation sites (N-methyl/N-ethyl adjacent to an activating group) is 1. The number of benzene rings is 3. The first kappa shape index (κ1) is 27.2. The summed E-state index contributed by atoms with van der Waals surface area (Å²) < 4.78 is 5.69. The largest absolute Gasteiger partial charge is 0.482 e. The van der Waals surface area contributed by atoms with Gasteiger partial charge in [0, 0.05) is 40.1 Å². The molecule has 0 aliphatic rings. The average Bonchev–Trinajstić information content (AvgIpc) is 2.83. The summed E-state index contributed by atoms with van der Waals surface area (Å²) in [7, 11) is 0. The molecular formula is C26H24Cl4N2O3. The molecule has 35 heavy (non-hydrogen) atoms. The SMILES string of the molecule is CCNC(=O)[C@@H](Cc1ccccc1)N(Cc1c(Cl)cccc1Cl)C(=O)COc1ccc(Cl)cc1Cl. The number of nitrogens with zero attached hydrogens (tertiary/aromatic N) is 1. The van der Waals surface area contributed by atoms with E-state index in [0.717, 1.165) is 5.56 Å². The molecule has 5 nitrogen and oxygen atoms in total. The number of ether oxygens (including phenoxy) is 1. The molecule has 0 heterocycles. The molecule has 184 valence electrons. The van der Waals surface area contributed by atoms with Crippen molar-refractivity contribution in [2.24, 2.45) is 0 Å². The van der Waals surface area contributed by atoms with Gasteiger partial charge in [-0.15, -0.1) is 0 Å². The lowest BCUT2D eigenvalue weighted by atomic mass is 10.0. The van der Waals surface area contributed by atoms with Crippen molar-refractivity contribution >= 4 is 58.2 Å². The summed E-state index contributed by atoms with van der Waals surface area (Å²) in [6, 6.07) is 18.4. The lowest BCUT2D eigenvalue weighted by molar-refractivity contribution is -0.142. The number of amides is 2. The summed E-state index contributed by atoms with van der Waals surface area (Å²) in [6.45, 7) is 1.90. The Morgan fingerprint density at radius 3 is 2.23 bits per heavy atom. The zero-order valence-electron chi connectivity index (χ0n) is 18.9. The summed E-state index contributed by atoms with van der Waals surface area (Å²) in [4.78, 5) is 28.1. The standard InChI is InChI=1S/C26H24Cl4N2O3/c1-2-31-26(34)23(13-17-7-4-3-5-8-17)32(15-19-20(28)9-6-10-21(19)29)25(33)16-35-24-12-11-18(27)14-22(24)30/h3-12,14,23H,2,13,15-16H2,1H3,(H,31,34)/t23-/m1/s1. The maximum atomic E-state index is 13.5. The van der Waals surface area contributed by atoms with Gasteiger partial charge in [-0.2, -0.15) is 0 Å². The average molecular weight is 554 g/mol. The summed E-state index contributed by atoms with van der Waals surface area (Å²) >= 11 is 25.0. The molecule has 0 saturated heterocycles. The third-order valence-corrected chi connectivity index (χ3v) is 6.50. The minimum atomic E-state index is -0.832. The molecule has 0 aliphatic heterocycles. The molecule has 0 saturated carbocycles. The third kappa shape index (κ3) is 7.52. The highest BCUT2D eigenvalue weighted by molar-refractivity contribution is 6.36. The Kier molecular flexibility index (Phi) is 10.1. The highest BCUT2D eigenvalue weighted by Crippen LogP contribution is 2.29. The number of carbonyl (C=O) groups excluding carboxylic acids is 2. The van der Waals surface area contributed by atoms with Crippen LogP contribution in [0.3, 0.4) is 0 Å². The van der Waals surface area contributed by atoms with Gasteiger partial charge >= 0.3 is 0 Å². The molecule has 3 aromatic rings. The first-order chi connectivity index (χ1) is 16.8. The third-order valence-electron chi connectivity index (χ3n) is 5.26. The van der Waals surface area contributed by atoms with Crippen LogP contribution in [0.5, 0.6) is 5.75 Å². The summed E-state index contributed by atoms with van der Waals surface area (Å²) in [6.07, 6.45) is 0.294. The molecule has 0 aromatic heterocycles. The number of rotatable bonds is 10. The van der Waals surface area contributed by atoms with E-state index in [2.05, 4.69) is 5.32 Å². The van der Waals surface area contributed by atoms with Crippen molar-refractivity contribution in [3.05, 3.63) is 97.9 Å². The van der Waals surface area contributed by atoms with E-state index >= 15 is 0 Å². The van der Waals surface area contributed by atoms with E-state index in [1.54, 1.807) is 30.3 Å². The molecule has 0 bridgehead atoms. The molecule has 9 heteroatoms. The molecule has 0 spiro atoms. The second kappa shape index (κ2) is 13.0. The van der Waals surface area contributed by atoms with Crippen LogP contribution in [0.15, 0.2) is 66.7 Å². The van der Waals surface area contributed by atoms with E-state index in [1.807, 2.05) is 37.3 Å². The number of carbonyl (C=O) groups is 2. The summed E-state index contributed by atoms with van der Waals surface area (Å²) in [5.74, 6) is -0.422. The quantitative estimate of drug-likeness (QED) is 0.313. The highest BCUT2D eigenvalue weighted by atomic mass is 35.5. The van der Waals surface area contributed by atoms with Gasteiger partial charge in [-0.1, -0.05) is 82.8 Å². The number of nitrogens with one attached hydrogen (secondary N) is 1. The predicted molar refractivity (Wildman–Crippen MR) is 142 cm³/mol. The molecule has 2 amide bonds. The van der Waals surface area contributed by atoms with Gasteiger partial charge in [0.15, 0.2) is 6.61 Å². The fourth-order valence-corrected chi connectivity index (χ4v) is 4.49. The van der Waals surface area contributed by atoms with Crippen LogP contribution in [-0.2, 0) is 22.6 Å². The summed E-state index contributed by atoms with van der Waals surface area (Å²) in [5.41, 5.74) is 1.43. The molecule has 3 rings (SSSR count). The van der Waals surface area contributed by atoms with Crippen LogP contribution in [0.25, 0.3) is 0 Å². The first-order valence-corrected chi connectivity index (χ1v) is 12.4. The van der Waals surface area contributed by atoms with Gasteiger partial charge in [0.05, 0.1) is 5.02 Å². The smallest absolute Gasteiger partial charge is 0.261 e. The van der Waals surface area contributed by atoms with Gasteiger partial charge in [-0.05, 0) is 42.8 Å². The minimum absolute atomic E-state index is 0.0175. The second-order valence-electron chi connectivity index (χ2n) is 7.69. The molecule has 0 fully saturated rings. The normalized spacial score (nSPS) is 11.6. The van der Waals surface area contributed by atoms with Crippen molar-refractivity contribution in [3.8, 4) is 5.75 Å². The van der Waals surface area contributed by atoms with E-state index in [-0.39, 0.29) is 24.1 Å². The van der Waals surface area contributed by atoms with Crippen LogP contribution in [0, 0.1) is 0 Å². The maximum Gasteiger partial charge on any atom is 0.261 e. The van der Waals surface area contributed by atoms with Crippen molar-refractivity contribution in [2.45, 2.75) is 25.9 Å². The monoisotopic (exact) mass is 552 g/mol. The summed E-state index contributed by atoms with van der Waals surface area (Å²) in [5, 5.41) is 4.34. The van der Waals surface area contributed by atoms with E-state index in [1.165, 1.54) is 11.0 Å². The number of hydrogen-bond acceptors (Lipinski definition) is 3. The lowest BCUT2D eigenvalue weighted by Crippen LogP contribution is -2.51. The molecular weight excluding hydrogens is 530 g/mol. The van der Waals surface area contributed by atoms with Gasteiger partial charge < -0.3 is 15.0 Å².